The second-order valence-electron chi connectivity index (χ2n) is 2.44. The fourth-order valence-electron chi connectivity index (χ4n) is 0.851. The van der Waals surface area contributed by atoms with Gasteiger partial charge in [-0.3, -0.25) is 10.1 Å². The van der Waals surface area contributed by atoms with E-state index in [0.717, 1.165) is 3.57 Å². The van der Waals surface area contributed by atoms with Gasteiger partial charge >= 0.3 is 0 Å². The molecule has 0 saturated heterocycles. The molecular formula is C8H6ClIN2OS. The Hall–Kier alpha value is -0.400. The van der Waals surface area contributed by atoms with Crippen LogP contribution < -0.4 is 11.1 Å². The SMILES string of the molecule is NC(=S)NC(=O)c1cc(I)ccc1Cl. The molecule has 0 heterocycles. The summed E-state index contributed by atoms with van der Waals surface area (Å²) in [5.74, 6) is -0.388. The zero-order chi connectivity index (χ0) is 10.7. The highest BCUT2D eigenvalue weighted by atomic mass is 127. The van der Waals surface area contributed by atoms with Gasteiger partial charge in [0, 0.05) is 3.57 Å². The molecule has 0 aromatic heterocycles. The number of hydrogen-bond donors (Lipinski definition) is 2. The summed E-state index contributed by atoms with van der Waals surface area (Å²) >= 11 is 12.5. The molecule has 0 fully saturated rings. The highest BCUT2D eigenvalue weighted by molar-refractivity contribution is 14.1. The topological polar surface area (TPSA) is 55.1 Å². The van der Waals surface area contributed by atoms with Crippen LogP contribution in [-0.2, 0) is 0 Å². The maximum Gasteiger partial charge on any atom is 0.258 e. The molecule has 0 unspecified atom stereocenters. The van der Waals surface area contributed by atoms with Crippen molar-refractivity contribution in [3.63, 3.8) is 0 Å². The molecule has 6 heteroatoms. The Bertz CT molecular complexity index is 397. The summed E-state index contributed by atoms with van der Waals surface area (Å²) in [6.45, 7) is 0. The van der Waals surface area contributed by atoms with E-state index in [9.17, 15) is 4.79 Å². The number of rotatable bonds is 1. The molecule has 74 valence electrons. The lowest BCUT2D eigenvalue weighted by molar-refractivity contribution is 0.0977. The number of halogens is 2. The molecular weight excluding hydrogens is 335 g/mol. The zero-order valence-electron chi connectivity index (χ0n) is 6.88. The number of hydrogen-bond acceptors (Lipinski definition) is 2. The van der Waals surface area contributed by atoms with Gasteiger partial charge in [-0.1, -0.05) is 11.6 Å². The van der Waals surface area contributed by atoms with Gasteiger partial charge in [0.2, 0.25) is 0 Å². The molecule has 3 nitrogen and oxygen atoms in total. The third kappa shape index (κ3) is 3.07. The summed E-state index contributed by atoms with van der Waals surface area (Å²) in [5, 5.41) is 2.62. The number of carbonyl (C=O) groups excluding carboxylic acids is 1. The van der Waals surface area contributed by atoms with Gasteiger partial charge in [-0.2, -0.15) is 0 Å². The van der Waals surface area contributed by atoms with Crippen LogP contribution in [0.4, 0.5) is 0 Å². The van der Waals surface area contributed by atoms with E-state index in [0.29, 0.717) is 10.6 Å². The summed E-state index contributed by atoms with van der Waals surface area (Å²) < 4.78 is 0.917. The van der Waals surface area contributed by atoms with Crippen molar-refractivity contribution < 1.29 is 4.79 Å². The van der Waals surface area contributed by atoms with E-state index < -0.39 is 0 Å². The second kappa shape index (κ2) is 4.90. The van der Waals surface area contributed by atoms with Gasteiger partial charge in [0.1, 0.15) is 0 Å². The van der Waals surface area contributed by atoms with Crippen molar-refractivity contribution >= 4 is 57.4 Å². The van der Waals surface area contributed by atoms with Gasteiger partial charge in [-0.15, -0.1) is 0 Å². The highest BCUT2D eigenvalue weighted by Gasteiger charge is 2.10. The first-order chi connectivity index (χ1) is 6.50. The quantitative estimate of drug-likeness (QED) is 0.607. The number of benzene rings is 1. The van der Waals surface area contributed by atoms with E-state index in [1.165, 1.54) is 0 Å². The van der Waals surface area contributed by atoms with Crippen LogP contribution in [0, 0.1) is 3.57 Å². The van der Waals surface area contributed by atoms with Gasteiger partial charge < -0.3 is 5.73 Å². The van der Waals surface area contributed by atoms with Crippen LogP contribution >= 0.6 is 46.4 Å². The molecule has 0 spiro atoms. The average molecular weight is 341 g/mol. The lowest BCUT2D eigenvalue weighted by atomic mass is 10.2. The van der Waals surface area contributed by atoms with Crippen molar-refractivity contribution in [2.75, 3.05) is 0 Å². The third-order valence-electron chi connectivity index (χ3n) is 1.41. The zero-order valence-corrected chi connectivity index (χ0v) is 10.6. The van der Waals surface area contributed by atoms with Crippen molar-refractivity contribution in [2.24, 2.45) is 5.73 Å². The lowest BCUT2D eigenvalue weighted by Crippen LogP contribution is -2.34. The van der Waals surface area contributed by atoms with E-state index in [1.807, 2.05) is 0 Å². The predicted octanol–water partition coefficient (Wildman–Crippen LogP) is 1.92. The third-order valence-corrected chi connectivity index (χ3v) is 2.51. The highest BCUT2D eigenvalue weighted by Crippen LogP contribution is 2.18. The largest absolute Gasteiger partial charge is 0.376 e. The van der Waals surface area contributed by atoms with Gasteiger partial charge in [-0.05, 0) is 53.0 Å². The number of nitrogens with one attached hydrogen (secondary N) is 1. The maximum atomic E-state index is 11.5. The van der Waals surface area contributed by atoms with Crippen LogP contribution in [0.3, 0.4) is 0 Å². The van der Waals surface area contributed by atoms with Gasteiger partial charge in [-0.25, -0.2) is 0 Å². The van der Waals surface area contributed by atoms with Crippen LogP contribution in [-0.4, -0.2) is 11.0 Å². The van der Waals surface area contributed by atoms with Crippen LogP contribution in [0.2, 0.25) is 5.02 Å². The summed E-state index contributed by atoms with van der Waals surface area (Å²) in [5.41, 5.74) is 5.54. The minimum absolute atomic E-state index is 0.0649. The normalized spacial score (nSPS) is 9.57. The molecule has 14 heavy (non-hydrogen) atoms. The Labute approximate surface area is 105 Å². The molecule has 1 aromatic carbocycles. The van der Waals surface area contributed by atoms with Gasteiger partial charge in [0.15, 0.2) is 5.11 Å². The molecule has 3 N–H and O–H groups in total. The van der Waals surface area contributed by atoms with Crippen molar-refractivity contribution in [3.8, 4) is 0 Å². The van der Waals surface area contributed by atoms with Crippen LogP contribution in [0.25, 0.3) is 0 Å². The first-order valence-corrected chi connectivity index (χ1v) is 5.43. The standard InChI is InChI=1S/C8H6ClIN2OS/c9-6-2-1-4(10)3-5(6)7(13)12-8(11)14/h1-3H,(H3,11,12,13,14). The molecule has 0 atom stereocenters. The Balaban J connectivity index is 3.00. The Morgan fingerprint density at radius 3 is 2.79 bits per heavy atom. The van der Waals surface area contributed by atoms with E-state index >= 15 is 0 Å². The number of thiocarbonyl (C=S) groups is 1. The molecule has 0 bridgehead atoms. The minimum Gasteiger partial charge on any atom is -0.376 e. The van der Waals surface area contributed by atoms with Crippen molar-refractivity contribution in [1.29, 1.82) is 0 Å². The number of amides is 1. The summed E-state index contributed by atoms with van der Waals surface area (Å²) in [6.07, 6.45) is 0. The van der Waals surface area contributed by atoms with Crippen molar-refractivity contribution in [1.82, 2.24) is 5.32 Å². The Morgan fingerprint density at radius 1 is 1.57 bits per heavy atom. The van der Waals surface area contributed by atoms with E-state index in [-0.39, 0.29) is 11.0 Å². The van der Waals surface area contributed by atoms with Crippen molar-refractivity contribution in [2.45, 2.75) is 0 Å². The van der Waals surface area contributed by atoms with Crippen LogP contribution in [0.1, 0.15) is 10.4 Å². The molecule has 1 aromatic rings. The lowest BCUT2D eigenvalue weighted by Gasteiger charge is -2.04. The van der Waals surface area contributed by atoms with Gasteiger partial charge in [0.05, 0.1) is 10.6 Å². The summed E-state index contributed by atoms with van der Waals surface area (Å²) in [6, 6.07) is 5.12. The molecule has 1 amide bonds. The Morgan fingerprint density at radius 2 is 2.21 bits per heavy atom. The molecule has 1 rings (SSSR count). The van der Waals surface area contributed by atoms with Crippen molar-refractivity contribution in [3.05, 3.63) is 32.4 Å². The van der Waals surface area contributed by atoms with E-state index in [2.05, 4.69) is 40.1 Å². The van der Waals surface area contributed by atoms with Crippen LogP contribution in [0.15, 0.2) is 18.2 Å². The fraction of sp³-hybridized carbons (Fsp3) is 0. The van der Waals surface area contributed by atoms with Crippen LogP contribution in [0.5, 0.6) is 0 Å². The predicted molar refractivity (Wildman–Crippen MR) is 68.4 cm³/mol. The van der Waals surface area contributed by atoms with E-state index in [4.69, 9.17) is 17.3 Å². The van der Waals surface area contributed by atoms with Gasteiger partial charge in [0.25, 0.3) is 5.91 Å². The monoisotopic (exact) mass is 340 g/mol. The van der Waals surface area contributed by atoms with E-state index in [1.54, 1.807) is 18.2 Å². The number of carbonyl (C=O) groups is 1. The minimum atomic E-state index is -0.388. The molecule has 0 radical (unpaired) electrons. The maximum absolute atomic E-state index is 11.5. The number of nitrogens with two attached hydrogens (primary N) is 1. The second-order valence-corrected chi connectivity index (χ2v) is 4.54. The molecule has 0 aliphatic rings. The fourth-order valence-corrected chi connectivity index (χ4v) is 1.64. The summed E-state index contributed by atoms with van der Waals surface area (Å²) in [7, 11) is 0. The average Bonchev–Trinajstić information content (AvgIpc) is 2.08. The first-order valence-electron chi connectivity index (χ1n) is 3.56. The summed E-state index contributed by atoms with van der Waals surface area (Å²) in [4.78, 5) is 11.5. The smallest absolute Gasteiger partial charge is 0.258 e. The molecule has 0 saturated carbocycles. The molecule has 0 aliphatic heterocycles. The Kier molecular flexibility index (Phi) is 4.09. The first kappa shape index (κ1) is 11.7. The molecule has 0 aliphatic carbocycles.